The van der Waals surface area contributed by atoms with Gasteiger partial charge in [0.1, 0.15) is 0 Å². The number of likely N-dealkylation sites (tertiary alicyclic amines) is 1. The fourth-order valence-corrected chi connectivity index (χ4v) is 3.30. The third-order valence-electron chi connectivity index (χ3n) is 4.61. The lowest BCUT2D eigenvalue weighted by molar-refractivity contribution is -0.124. The summed E-state index contributed by atoms with van der Waals surface area (Å²) in [6.07, 6.45) is 2.13. The van der Waals surface area contributed by atoms with Gasteiger partial charge in [-0.3, -0.25) is 9.69 Å². The molecule has 0 saturated carbocycles. The van der Waals surface area contributed by atoms with E-state index in [1.54, 1.807) is 0 Å². The minimum atomic E-state index is -0.386. The normalized spacial score (nSPS) is 27.0. The second-order valence-electron chi connectivity index (χ2n) is 6.39. The summed E-state index contributed by atoms with van der Waals surface area (Å²) >= 11 is 0. The maximum atomic E-state index is 12.1. The molecule has 2 unspecified atom stereocenters. The van der Waals surface area contributed by atoms with E-state index in [9.17, 15) is 9.90 Å². The summed E-state index contributed by atoms with van der Waals surface area (Å²) in [6, 6.07) is 10.5. The molecule has 0 bridgehead atoms. The van der Waals surface area contributed by atoms with Crippen LogP contribution in [-0.4, -0.2) is 53.7 Å². The molecule has 2 aliphatic heterocycles. The lowest BCUT2D eigenvalue weighted by Gasteiger charge is -2.32. The Bertz CT molecular complexity index is 486. The van der Waals surface area contributed by atoms with Gasteiger partial charge in [0, 0.05) is 32.2 Å². The predicted molar refractivity (Wildman–Crippen MR) is 85.3 cm³/mol. The van der Waals surface area contributed by atoms with Crippen LogP contribution in [0.15, 0.2) is 30.3 Å². The molecule has 2 fully saturated rings. The molecule has 2 atom stereocenters. The SMILES string of the molecule is O=C(NC1CCN(Cc2ccccc2)CC1)C1CC(O)CN1. The zero-order valence-electron chi connectivity index (χ0n) is 12.9. The molecule has 2 saturated heterocycles. The predicted octanol–water partition coefficient (Wildman–Crippen LogP) is 0.490. The first-order valence-electron chi connectivity index (χ1n) is 8.19. The first-order chi connectivity index (χ1) is 10.7. The van der Waals surface area contributed by atoms with Gasteiger partial charge in [-0.05, 0) is 24.8 Å². The maximum Gasteiger partial charge on any atom is 0.237 e. The molecular weight excluding hydrogens is 278 g/mol. The van der Waals surface area contributed by atoms with Crippen LogP contribution in [-0.2, 0) is 11.3 Å². The number of piperidine rings is 1. The largest absolute Gasteiger partial charge is 0.392 e. The van der Waals surface area contributed by atoms with E-state index in [0.29, 0.717) is 13.0 Å². The first-order valence-corrected chi connectivity index (χ1v) is 8.19. The van der Waals surface area contributed by atoms with Crippen LogP contribution in [0.2, 0.25) is 0 Å². The van der Waals surface area contributed by atoms with Gasteiger partial charge in [-0.2, -0.15) is 0 Å². The van der Waals surface area contributed by atoms with E-state index in [2.05, 4.69) is 39.8 Å². The van der Waals surface area contributed by atoms with Crippen molar-refractivity contribution in [2.45, 2.75) is 44.0 Å². The number of nitrogens with zero attached hydrogens (tertiary/aromatic N) is 1. The van der Waals surface area contributed by atoms with Crippen LogP contribution in [0.3, 0.4) is 0 Å². The molecule has 0 spiro atoms. The van der Waals surface area contributed by atoms with Crippen LogP contribution >= 0.6 is 0 Å². The summed E-state index contributed by atoms with van der Waals surface area (Å²) in [6.45, 7) is 3.53. The van der Waals surface area contributed by atoms with Crippen molar-refractivity contribution >= 4 is 5.91 Å². The molecule has 1 aromatic carbocycles. The summed E-state index contributed by atoms with van der Waals surface area (Å²) < 4.78 is 0. The second-order valence-corrected chi connectivity index (χ2v) is 6.39. The molecule has 0 aliphatic carbocycles. The van der Waals surface area contributed by atoms with Crippen molar-refractivity contribution in [2.24, 2.45) is 0 Å². The van der Waals surface area contributed by atoms with Crippen molar-refractivity contribution in [1.82, 2.24) is 15.5 Å². The number of carbonyl (C=O) groups excluding carboxylic acids is 1. The number of nitrogens with one attached hydrogen (secondary N) is 2. The van der Waals surface area contributed by atoms with Gasteiger partial charge in [0.2, 0.25) is 5.91 Å². The molecular formula is C17H25N3O2. The fourth-order valence-electron chi connectivity index (χ4n) is 3.30. The molecule has 0 aromatic heterocycles. The maximum absolute atomic E-state index is 12.1. The van der Waals surface area contributed by atoms with E-state index in [-0.39, 0.29) is 24.1 Å². The number of carbonyl (C=O) groups is 1. The Balaban J connectivity index is 1.41. The highest BCUT2D eigenvalue weighted by molar-refractivity contribution is 5.82. The Hall–Kier alpha value is -1.43. The quantitative estimate of drug-likeness (QED) is 0.757. The number of β-amino-alcohol motifs (C(OH)–C–C–N with tert-alkyl or cyclic N) is 1. The Morgan fingerprint density at radius 1 is 1.27 bits per heavy atom. The van der Waals surface area contributed by atoms with Crippen LogP contribution in [0.4, 0.5) is 0 Å². The highest BCUT2D eigenvalue weighted by Gasteiger charge is 2.30. The lowest BCUT2D eigenvalue weighted by atomic mass is 10.0. The van der Waals surface area contributed by atoms with Gasteiger partial charge in [-0.15, -0.1) is 0 Å². The summed E-state index contributed by atoms with van der Waals surface area (Å²) in [5.74, 6) is 0.0399. The van der Waals surface area contributed by atoms with Gasteiger partial charge in [0.15, 0.2) is 0 Å². The molecule has 2 aliphatic rings. The Labute approximate surface area is 131 Å². The number of rotatable bonds is 4. The van der Waals surface area contributed by atoms with E-state index in [1.807, 2.05) is 6.07 Å². The highest BCUT2D eigenvalue weighted by atomic mass is 16.3. The van der Waals surface area contributed by atoms with Crippen LogP contribution in [0.1, 0.15) is 24.8 Å². The van der Waals surface area contributed by atoms with Crippen molar-refractivity contribution in [1.29, 1.82) is 0 Å². The Kier molecular flexibility index (Phi) is 5.08. The number of hydrogen-bond donors (Lipinski definition) is 3. The Morgan fingerprint density at radius 3 is 2.64 bits per heavy atom. The molecule has 1 aromatic rings. The molecule has 120 valence electrons. The highest BCUT2D eigenvalue weighted by Crippen LogP contribution is 2.15. The average Bonchev–Trinajstić information content (AvgIpc) is 2.97. The van der Waals surface area contributed by atoms with Crippen molar-refractivity contribution < 1.29 is 9.90 Å². The summed E-state index contributed by atoms with van der Waals surface area (Å²) in [5.41, 5.74) is 1.34. The van der Waals surface area contributed by atoms with Gasteiger partial charge < -0.3 is 15.7 Å². The van der Waals surface area contributed by atoms with Gasteiger partial charge in [-0.25, -0.2) is 0 Å². The van der Waals surface area contributed by atoms with Crippen LogP contribution in [0.5, 0.6) is 0 Å². The van der Waals surface area contributed by atoms with E-state index in [0.717, 1.165) is 32.5 Å². The molecule has 1 amide bonds. The average molecular weight is 303 g/mol. The number of aliphatic hydroxyl groups is 1. The van der Waals surface area contributed by atoms with E-state index in [1.165, 1.54) is 5.56 Å². The molecule has 2 heterocycles. The summed E-state index contributed by atoms with van der Waals surface area (Å²) in [7, 11) is 0. The zero-order chi connectivity index (χ0) is 15.4. The second kappa shape index (κ2) is 7.22. The third-order valence-corrected chi connectivity index (χ3v) is 4.61. The minimum Gasteiger partial charge on any atom is -0.392 e. The first kappa shape index (κ1) is 15.5. The lowest BCUT2D eigenvalue weighted by Crippen LogP contribution is -2.49. The third kappa shape index (κ3) is 4.06. The number of benzene rings is 1. The topological polar surface area (TPSA) is 64.6 Å². The monoisotopic (exact) mass is 303 g/mol. The van der Waals surface area contributed by atoms with Gasteiger partial charge in [-0.1, -0.05) is 30.3 Å². The van der Waals surface area contributed by atoms with Gasteiger partial charge in [0.25, 0.3) is 0 Å². The van der Waals surface area contributed by atoms with Crippen LogP contribution < -0.4 is 10.6 Å². The minimum absolute atomic E-state index is 0.0399. The van der Waals surface area contributed by atoms with Crippen LogP contribution in [0.25, 0.3) is 0 Å². The van der Waals surface area contributed by atoms with Crippen molar-refractivity contribution in [3.05, 3.63) is 35.9 Å². The Morgan fingerprint density at radius 2 is 2.00 bits per heavy atom. The van der Waals surface area contributed by atoms with Gasteiger partial charge >= 0.3 is 0 Å². The number of amides is 1. The number of aliphatic hydroxyl groups excluding tert-OH is 1. The number of hydrogen-bond acceptors (Lipinski definition) is 4. The summed E-state index contributed by atoms with van der Waals surface area (Å²) in [4.78, 5) is 14.6. The molecule has 5 nitrogen and oxygen atoms in total. The molecule has 5 heteroatoms. The molecule has 3 rings (SSSR count). The van der Waals surface area contributed by atoms with Crippen molar-refractivity contribution in [3.8, 4) is 0 Å². The molecule has 3 N–H and O–H groups in total. The molecule has 22 heavy (non-hydrogen) atoms. The van der Waals surface area contributed by atoms with Crippen LogP contribution in [0, 0.1) is 0 Å². The van der Waals surface area contributed by atoms with Crippen molar-refractivity contribution in [3.63, 3.8) is 0 Å². The molecule has 0 radical (unpaired) electrons. The smallest absolute Gasteiger partial charge is 0.237 e. The van der Waals surface area contributed by atoms with E-state index < -0.39 is 0 Å². The van der Waals surface area contributed by atoms with E-state index in [4.69, 9.17) is 0 Å². The van der Waals surface area contributed by atoms with Gasteiger partial charge in [0.05, 0.1) is 12.1 Å². The van der Waals surface area contributed by atoms with E-state index >= 15 is 0 Å². The standard InChI is InChI=1S/C17H25N3O2/c21-15-10-16(18-11-15)17(22)19-14-6-8-20(9-7-14)12-13-4-2-1-3-5-13/h1-5,14-16,18,21H,6-12H2,(H,19,22). The van der Waals surface area contributed by atoms with Crippen molar-refractivity contribution in [2.75, 3.05) is 19.6 Å². The fraction of sp³-hybridized carbons (Fsp3) is 0.588. The summed E-state index contributed by atoms with van der Waals surface area (Å²) in [5, 5.41) is 15.7. The zero-order valence-corrected chi connectivity index (χ0v) is 12.9.